The first-order valence-corrected chi connectivity index (χ1v) is 7.91. The maximum absolute atomic E-state index is 11.5. The van der Waals surface area contributed by atoms with Crippen LogP contribution >= 0.6 is 0 Å². The van der Waals surface area contributed by atoms with Crippen molar-refractivity contribution in [3.8, 4) is 11.4 Å². The number of aromatic nitrogens is 6. The van der Waals surface area contributed by atoms with E-state index in [9.17, 15) is 25.2 Å². The lowest BCUT2D eigenvalue weighted by atomic mass is 9.99. The van der Waals surface area contributed by atoms with E-state index in [4.69, 9.17) is 4.74 Å². The van der Waals surface area contributed by atoms with E-state index in [2.05, 4.69) is 20.6 Å². The van der Waals surface area contributed by atoms with Crippen LogP contribution in [0.4, 0.5) is 0 Å². The fourth-order valence-electron chi connectivity index (χ4n) is 2.68. The topological polar surface area (TPSA) is 169 Å². The fourth-order valence-corrected chi connectivity index (χ4v) is 2.68. The average Bonchev–Trinajstić information content (AvgIpc) is 3.24. The number of aliphatic carboxylic acids is 1. The number of aliphatic hydroxyl groups is 3. The fraction of sp³-hybridized carbons (Fsp3) is 0.643. The molecule has 3 rings (SSSR count). The van der Waals surface area contributed by atoms with E-state index in [1.807, 2.05) is 0 Å². The molecule has 142 valence electrons. The van der Waals surface area contributed by atoms with Gasteiger partial charge in [0.25, 0.3) is 0 Å². The lowest BCUT2D eigenvalue weighted by Gasteiger charge is -2.38. The van der Waals surface area contributed by atoms with E-state index < -0.39 is 42.2 Å². The smallest absolute Gasteiger partial charge is 0.331 e. The van der Waals surface area contributed by atoms with Gasteiger partial charge in [-0.1, -0.05) is 10.4 Å². The molecule has 26 heavy (non-hydrogen) atoms. The van der Waals surface area contributed by atoms with Crippen molar-refractivity contribution in [3.63, 3.8) is 0 Å². The first-order valence-electron chi connectivity index (χ1n) is 7.91. The van der Waals surface area contributed by atoms with Crippen LogP contribution in [0, 0.1) is 0 Å². The normalized spacial score (nSPS) is 29.7. The highest BCUT2D eigenvalue weighted by Crippen LogP contribution is 2.29. The number of hydrogen-bond acceptors (Lipinski definition) is 9. The Kier molecular flexibility index (Phi) is 4.52. The number of ether oxygens (including phenoxy) is 1. The highest BCUT2D eigenvalue weighted by molar-refractivity contribution is 5.76. The van der Waals surface area contributed by atoms with E-state index in [1.54, 1.807) is 6.92 Å². The zero-order valence-electron chi connectivity index (χ0n) is 14.3. The number of carboxylic acid groups (broad SMARTS) is 1. The number of aliphatic hydroxyl groups excluding tert-OH is 3. The summed E-state index contributed by atoms with van der Waals surface area (Å²) in [5.74, 6) is -1.10. The van der Waals surface area contributed by atoms with Crippen molar-refractivity contribution in [3.05, 3.63) is 12.4 Å². The van der Waals surface area contributed by atoms with Gasteiger partial charge in [0.2, 0.25) is 0 Å². The van der Waals surface area contributed by atoms with Gasteiger partial charge in [-0.05, 0) is 20.8 Å². The van der Waals surface area contributed by atoms with Crippen molar-refractivity contribution >= 4 is 5.97 Å². The van der Waals surface area contributed by atoms with Crippen molar-refractivity contribution < 1.29 is 30.0 Å². The molecule has 0 amide bonds. The van der Waals surface area contributed by atoms with Crippen LogP contribution in [0.1, 0.15) is 27.0 Å². The largest absolute Gasteiger partial charge is 0.479 e. The zero-order chi connectivity index (χ0) is 19.2. The quantitative estimate of drug-likeness (QED) is 0.491. The molecule has 1 aliphatic heterocycles. The monoisotopic (exact) mass is 368 g/mol. The zero-order valence-corrected chi connectivity index (χ0v) is 14.3. The molecule has 5 atom stereocenters. The van der Waals surface area contributed by atoms with Crippen molar-refractivity contribution in [1.82, 2.24) is 30.0 Å². The van der Waals surface area contributed by atoms with Crippen LogP contribution < -0.4 is 0 Å². The second-order valence-electron chi connectivity index (χ2n) is 6.68. The first-order chi connectivity index (χ1) is 12.1. The molecule has 0 aromatic carbocycles. The molecule has 2 aromatic heterocycles. The van der Waals surface area contributed by atoms with E-state index in [1.165, 1.54) is 35.6 Å². The Morgan fingerprint density at radius 2 is 1.88 bits per heavy atom. The maximum Gasteiger partial charge on any atom is 0.331 e. The Morgan fingerprint density at radius 1 is 1.19 bits per heavy atom. The van der Waals surface area contributed by atoms with Crippen LogP contribution in [0.3, 0.4) is 0 Å². The van der Waals surface area contributed by atoms with Crippen LogP contribution in [0.25, 0.3) is 11.4 Å². The van der Waals surface area contributed by atoms with Gasteiger partial charge in [-0.2, -0.15) is 0 Å². The minimum absolute atomic E-state index is 0.258. The molecule has 0 bridgehead atoms. The van der Waals surface area contributed by atoms with E-state index >= 15 is 0 Å². The summed E-state index contributed by atoms with van der Waals surface area (Å²) in [6.45, 7) is 4.48. The SMILES string of the molecule is C[C@@H]1O[C@H](n2cc(-c3cnnn3C(C)(C)C(=O)O)nn2)[C@@H](O)[C@H](O)[C@@H]1O. The van der Waals surface area contributed by atoms with Gasteiger partial charge in [-0.25, -0.2) is 14.2 Å². The van der Waals surface area contributed by atoms with Gasteiger partial charge in [-0.15, -0.1) is 10.2 Å². The highest BCUT2D eigenvalue weighted by Gasteiger charge is 2.43. The second-order valence-corrected chi connectivity index (χ2v) is 6.68. The number of hydrogen-bond donors (Lipinski definition) is 4. The molecule has 2 aromatic rings. The van der Waals surface area contributed by atoms with Gasteiger partial charge in [0.15, 0.2) is 11.8 Å². The Balaban J connectivity index is 1.93. The molecule has 12 nitrogen and oxygen atoms in total. The van der Waals surface area contributed by atoms with Gasteiger partial charge in [0.1, 0.15) is 29.7 Å². The summed E-state index contributed by atoms with van der Waals surface area (Å²) in [5.41, 5.74) is -0.804. The minimum Gasteiger partial charge on any atom is -0.479 e. The Morgan fingerprint density at radius 3 is 2.54 bits per heavy atom. The van der Waals surface area contributed by atoms with Crippen LogP contribution in [0.15, 0.2) is 12.4 Å². The summed E-state index contributed by atoms with van der Waals surface area (Å²) in [4.78, 5) is 11.5. The standard InChI is InChI=1S/C14H20N6O6/c1-6-9(21)10(22)11(23)12(26-6)19-5-7(16-18-19)8-4-15-17-20(8)14(2,3)13(24)25/h4-6,9-12,21-23H,1-3H3,(H,24,25)/t6-,9+,10+,11-,12-/m0/s1. The second kappa shape index (κ2) is 6.39. The van der Waals surface area contributed by atoms with Crippen LogP contribution in [-0.2, 0) is 15.1 Å². The summed E-state index contributed by atoms with van der Waals surface area (Å²) in [6, 6.07) is 0. The van der Waals surface area contributed by atoms with Crippen molar-refractivity contribution in [2.24, 2.45) is 0 Å². The summed E-state index contributed by atoms with van der Waals surface area (Å²) in [6.07, 6.45) is -3.10. The maximum atomic E-state index is 11.5. The third-order valence-corrected chi connectivity index (χ3v) is 4.46. The number of rotatable bonds is 4. The number of carbonyl (C=O) groups is 1. The van der Waals surface area contributed by atoms with Crippen LogP contribution in [0.2, 0.25) is 0 Å². The third-order valence-electron chi connectivity index (χ3n) is 4.46. The summed E-state index contributed by atoms with van der Waals surface area (Å²) >= 11 is 0. The van der Waals surface area contributed by atoms with Crippen molar-refractivity contribution in [2.75, 3.05) is 0 Å². The predicted octanol–water partition coefficient (Wildman–Crippen LogP) is -1.64. The molecule has 12 heteroatoms. The Bertz CT molecular complexity index is 803. The summed E-state index contributed by atoms with van der Waals surface area (Å²) < 4.78 is 7.89. The molecule has 0 spiro atoms. The van der Waals surface area contributed by atoms with Crippen molar-refractivity contribution in [1.29, 1.82) is 0 Å². The minimum atomic E-state index is -1.42. The molecule has 0 radical (unpaired) electrons. The Labute approximate surface area is 147 Å². The van der Waals surface area contributed by atoms with Gasteiger partial charge < -0.3 is 25.2 Å². The molecule has 0 aliphatic carbocycles. The predicted molar refractivity (Wildman–Crippen MR) is 83.6 cm³/mol. The summed E-state index contributed by atoms with van der Waals surface area (Å²) in [5, 5.41) is 54.6. The summed E-state index contributed by atoms with van der Waals surface area (Å²) in [7, 11) is 0. The molecule has 1 fully saturated rings. The number of nitrogens with zero attached hydrogens (tertiary/aromatic N) is 6. The lowest BCUT2D eigenvalue weighted by molar-refractivity contribution is -0.243. The number of carboxylic acids is 1. The molecule has 0 saturated carbocycles. The molecule has 1 saturated heterocycles. The van der Waals surface area contributed by atoms with Gasteiger partial charge in [0.05, 0.1) is 18.5 Å². The molecule has 1 aliphatic rings. The van der Waals surface area contributed by atoms with Gasteiger partial charge in [0, 0.05) is 0 Å². The molecule has 3 heterocycles. The van der Waals surface area contributed by atoms with Crippen LogP contribution in [0.5, 0.6) is 0 Å². The van der Waals surface area contributed by atoms with Gasteiger partial charge >= 0.3 is 5.97 Å². The molecular weight excluding hydrogens is 348 g/mol. The molecule has 0 unspecified atom stereocenters. The molecular formula is C14H20N6O6. The van der Waals surface area contributed by atoms with Gasteiger partial charge in [-0.3, -0.25) is 0 Å². The Hall–Kier alpha value is -2.41. The van der Waals surface area contributed by atoms with E-state index in [0.717, 1.165) is 0 Å². The van der Waals surface area contributed by atoms with E-state index in [-0.39, 0.29) is 5.69 Å². The molecule has 4 N–H and O–H groups in total. The van der Waals surface area contributed by atoms with E-state index in [0.29, 0.717) is 5.69 Å². The van der Waals surface area contributed by atoms with Crippen molar-refractivity contribution in [2.45, 2.75) is 57.0 Å². The highest BCUT2D eigenvalue weighted by atomic mass is 16.5. The first kappa shape index (κ1) is 18.4. The lowest BCUT2D eigenvalue weighted by Crippen LogP contribution is -2.54. The van der Waals surface area contributed by atoms with Crippen LogP contribution in [-0.4, -0.2) is 80.8 Å². The average molecular weight is 368 g/mol. The third kappa shape index (κ3) is 2.86.